The zero-order chi connectivity index (χ0) is 12.4. The van der Waals surface area contributed by atoms with Crippen molar-refractivity contribution in [1.29, 1.82) is 0 Å². The van der Waals surface area contributed by atoms with E-state index in [1.165, 1.54) is 19.4 Å². The second-order valence-corrected chi connectivity index (χ2v) is 3.61. The van der Waals surface area contributed by atoms with Crippen LogP contribution in [0.4, 0.5) is 0 Å². The molecule has 0 aliphatic heterocycles. The van der Waals surface area contributed by atoms with Gasteiger partial charge in [0, 0.05) is 17.8 Å². The Morgan fingerprint density at radius 1 is 1.39 bits per heavy atom. The van der Waals surface area contributed by atoms with Crippen molar-refractivity contribution in [2.75, 3.05) is 7.11 Å². The van der Waals surface area contributed by atoms with Gasteiger partial charge in [-0.1, -0.05) is 0 Å². The van der Waals surface area contributed by atoms with Crippen LogP contribution in [0.2, 0.25) is 0 Å². The molecule has 0 aliphatic rings. The third kappa shape index (κ3) is 2.75. The number of phenolic OH excluding ortho intramolecular Hbond substituents is 1. The number of aromatic hydroxyl groups is 1. The van der Waals surface area contributed by atoms with Crippen molar-refractivity contribution in [3.8, 4) is 11.5 Å². The third-order valence-electron chi connectivity index (χ3n) is 2.48. The number of rotatable bonds is 3. The van der Waals surface area contributed by atoms with Gasteiger partial charge >= 0.3 is 24.8 Å². The number of methoxy groups -OCH3 is 1. The van der Waals surface area contributed by atoms with Crippen molar-refractivity contribution in [2.24, 2.45) is 0 Å². The summed E-state index contributed by atoms with van der Waals surface area (Å²) in [5, 5.41) is 19.8. The fraction of sp³-hybridized carbons (Fsp3) is 0.167. The van der Waals surface area contributed by atoms with E-state index in [0.717, 1.165) is 5.39 Å². The summed E-state index contributed by atoms with van der Waals surface area (Å²) in [6.45, 7) is 0. The number of carbonyl (C=O) groups is 1. The van der Waals surface area contributed by atoms with Crippen molar-refractivity contribution in [3.05, 3.63) is 30.1 Å². The monoisotopic (exact) mass is 241 g/mol. The minimum atomic E-state index is -0.925. The number of nitrogens with zero attached hydrogens (tertiary/aromatic N) is 1. The number of aliphatic carboxylic acids is 1. The molecule has 0 saturated carbocycles. The fourth-order valence-corrected chi connectivity index (χ4v) is 1.71. The molecule has 0 saturated heterocycles. The summed E-state index contributed by atoms with van der Waals surface area (Å²) in [6.07, 6.45) is 2.96. The first-order chi connectivity index (χ1) is 8.11. The predicted octanol–water partition coefficient (Wildman–Crippen LogP) is 0.928. The summed E-state index contributed by atoms with van der Waals surface area (Å²) in [5.41, 5.74) is 0.591. The van der Waals surface area contributed by atoms with E-state index in [1.54, 1.807) is 12.3 Å². The van der Waals surface area contributed by atoms with Gasteiger partial charge in [0.15, 0.2) is 11.5 Å². The van der Waals surface area contributed by atoms with Crippen molar-refractivity contribution >= 4 is 35.6 Å². The first-order valence-electron chi connectivity index (χ1n) is 4.97. The molecule has 1 aromatic heterocycles. The minimum absolute atomic E-state index is 0. The molecule has 5 nitrogen and oxygen atoms in total. The Morgan fingerprint density at radius 3 is 2.72 bits per heavy atom. The van der Waals surface area contributed by atoms with E-state index < -0.39 is 5.97 Å². The van der Waals surface area contributed by atoms with Gasteiger partial charge in [-0.25, -0.2) is 0 Å². The zero-order valence-corrected chi connectivity index (χ0v) is 9.17. The Bertz CT molecular complexity index is 586. The van der Waals surface area contributed by atoms with E-state index in [9.17, 15) is 9.90 Å². The second-order valence-electron chi connectivity index (χ2n) is 3.61. The first kappa shape index (κ1) is 14.4. The molecule has 0 radical (unpaired) electrons. The van der Waals surface area contributed by atoms with E-state index in [1.807, 2.05) is 0 Å². The topological polar surface area (TPSA) is 79.7 Å². The molecule has 0 amide bonds. The van der Waals surface area contributed by atoms with Crippen molar-refractivity contribution in [1.82, 2.24) is 4.98 Å². The maximum atomic E-state index is 10.7. The van der Waals surface area contributed by atoms with E-state index in [4.69, 9.17) is 9.84 Å². The molecule has 2 aromatic rings. The number of benzene rings is 1. The Kier molecular flexibility index (Phi) is 4.60. The van der Waals surface area contributed by atoms with Crippen LogP contribution in [0.5, 0.6) is 11.5 Å². The van der Waals surface area contributed by atoms with Crippen LogP contribution in [0.15, 0.2) is 24.5 Å². The van der Waals surface area contributed by atoms with Crippen LogP contribution in [0.25, 0.3) is 10.8 Å². The molecule has 2 N–H and O–H groups in total. The molecular weight excluding hydrogens is 229 g/mol. The molecule has 0 unspecified atom stereocenters. The Labute approximate surface area is 116 Å². The Balaban J connectivity index is 0.00000162. The number of ether oxygens (including phenoxy) is 1. The summed E-state index contributed by atoms with van der Waals surface area (Å²) >= 11 is 0. The number of pyridine rings is 1. The van der Waals surface area contributed by atoms with Crippen molar-refractivity contribution in [2.45, 2.75) is 6.42 Å². The summed E-state index contributed by atoms with van der Waals surface area (Å²) in [5.74, 6) is -0.601. The molecule has 0 spiro atoms. The van der Waals surface area contributed by atoms with Gasteiger partial charge in [-0.05, 0) is 23.1 Å². The van der Waals surface area contributed by atoms with Gasteiger partial charge in [0.05, 0.1) is 13.5 Å². The van der Waals surface area contributed by atoms with Gasteiger partial charge in [-0.3, -0.25) is 9.78 Å². The van der Waals surface area contributed by atoms with Crippen LogP contribution >= 0.6 is 0 Å². The summed E-state index contributed by atoms with van der Waals surface area (Å²) < 4.78 is 5.00. The Morgan fingerprint density at radius 2 is 2.11 bits per heavy atom. The van der Waals surface area contributed by atoms with Gasteiger partial charge in [-0.15, -0.1) is 0 Å². The Hall–Kier alpha value is -1.70. The molecule has 0 fully saturated rings. The van der Waals surface area contributed by atoms with Crippen LogP contribution in [0.1, 0.15) is 5.56 Å². The normalized spacial score (nSPS) is 9.83. The molecule has 1 heterocycles. The molecule has 1 aromatic carbocycles. The molecule has 0 atom stereocenters. The van der Waals surface area contributed by atoms with Gasteiger partial charge in [0.25, 0.3) is 0 Å². The number of carboxylic acids is 1. The van der Waals surface area contributed by atoms with E-state index in [0.29, 0.717) is 16.7 Å². The van der Waals surface area contributed by atoms with Crippen LogP contribution in [-0.4, -0.2) is 47.1 Å². The van der Waals surface area contributed by atoms with Crippen molar-refractivity contribution in [3.63, 3.8) is 0 Å². The van der Waals surface area contributed by atoms with E-state index in [2.05, 4.69) is 4.98 Å². The number of hydrogen-bond donors (Lipinski definition) is 2. The summed E-state index contributed by atoms with van der Waals surface area (Å²) in [4.78, 5) is 14.7. The average molecular weight is 241 g/mol. The number of hydrogen-bond acceptors (Lipinski definition) is 4. The van der Waals surface area contributed by atoms with Crippen LogP contribution in [-0.2, 0) is 11.2 Å². The average Bonchev–Trinajstić information content (AvgIpc) is 2.27. The second kappa shape index (κ2) is 5.76. The molecule has 2 rings (SSSR count). The zero-order valence-electron chi connectivity index (χ0n) is 9.17. The number of phenols is 1. The third-order valence-corrected chi connectivity index (χ3v) is 2.48. The standard InChI is InChI=1S/C12H11NO4.Li.H/c1-17-11-4-9-7(2-10(11)14)5-13-6-8(9)3-12(15)16;;/h2,4-6,14H,3H2,1H3,(H,15,16);;. The summed E-state index contributed by atoms with van der Waals surface area (Å²) in [7, 11) is 1.44. The molecule has 90 valence electrons. The predicted molar refractivity (Wildman–Crippen MR) is 68.4 cm³/mol. The van der Waals surface area contributed by atoms with E-state index in [-0.39, 0.29) is 31.0 Å². The molecule has 18 heavy (non-hydrogen) atoms. The number of carboxylic acid groups (broad SMARTS) is 1. The summed E-state index contributed by atoms with van der Waals surface area (Å²) in [6, 6.07) is 3.12. The maximum absolute atomic E-state index is 10.7. The first-order valence-corrected chi connectivity index (χ1v) is 4.97. The number of aromatic nitrogens is 1. The van der Waals surface area contributed by atoms with Crippen LogP contribution < -0.4 is 4.74 Å². The molecular formula is C12H12LiNO4. The van der Waals surface area contributed by atoms with Gasteiger partial charge < -0.3 is 14.9 Å². The molecule has 0 aliphatic carbocycles. The number of fused-ring (bicyclic) bond motifs is 1. The van der Waals surface area contributed by atoms with Gasteiger partial charge in [0.2, 0.25) is 0 Å². The van der Waals surface area contributed by atoms with E-state index >= 15 is 0 Å². The SMILES string of the molecule is COc1cc2c(CC(=O)O)cncc2cc1O.[LiH]. The van der Waals surface area contributed by atoms with Gasteiger partial charge in [0.1, 0.15) is 0 Å². The van der Waals surface area contributed by atoms with Crippen LogP contribution in [0.3, 0.4) is 0 Å². The quantitative estimate of drug-likeness (QED) is 0.781. The van der Waals surface area contributed by atoms with Gasteiger partial charge in [-0.2, -0.15) is 0 Å². The molecule has 6 heteroatoms. The fourth-order valence-electron chi connectivity index (χ4n) is 1.71. The van der Waals surface area contributed by atoms with Crippen LogP contribution in [0, 0.1) is 0 Å². The molecule has 0 bridgehead atoms. The van der Waals surface area contributed by atoms with Crippen molar-refractivity contribution < 1.29 is 19.7 Å².